The molecule has 0 atom stereocenters. The van der Waals surface area contributed by atoms with E-state index in [1.54, 1.807) is 12.1 Å². The van der Waals surface area contributed by atoms with Gasteiger partial charge in [-0.05, 0) is 56.2 Å². The molecule has 0 amide bonds. The zero-order valence-electron chi connectivity index (χ0n) is 13.6. The molecular weight excluding hydrogens is 251 g/mol. The monoisotopic (exact) mass is 276 g/mol. The van der Waals surface area contributed by atoms with Gasteiger partial charge in [0.25, 0.3) is 0 Å². The maximum Gasteiger partial charge on any atom is 0.123 e. The van der Waals surface area contributed by atoms with Crippen LogP contribution in [0.1, 0.15) is 44.5 Å². The molecule has 0 bridgehead atoms. The van der Waals surface area contributed by atoms with Gasteiger partial charge < -0.3 is 0 Å². The Morgan fingerprint density at radius 3 is 1.75 bits per heavy atom. The Morgan fingerprint density at radius 1 is 0.750 bits per heavy atom. The summed E-state index contributed by atoms with van der Waals surface area (Å²) in [6, 6.07) is 6.32. The first kappa shape index (κ1) is 18.2. The van der Waals surface area contributed by atoms with Crippen molar-refractivity contribution >= 4 is 0 Å². The van der Waals surface area contributed by atoms with Gasteiger partial charge in [-0.2, -0.15) is 5.10 Å². The van der Waals surface area contributed by atoms with Gasteiger partial charge in [-0.3, -0.25) is 0 Å². The van der Waals surface area contributed by atoms with Crippen molar-refractivity contribution in [1.82, 2.24) is 10.2 Å². The van der Waals surface area contributed by atoms with E-state index in [0.717, 1.165) is 28.1 Å². The predicted molar refractivity (Wildman–Crippen MR) is 84.3 cm³/mol. The van der Waals surface area contributed by atoms with Crippen LogP contribution in [0.5, 0.6) is 0 Å². The third-order valence-corrected chi connectivity index (χ3v) is 2.88. The molecule has 0 aliphatic rings. The fourth-order valence-corrected chi connectivity index (χ4v) is 1.61. The molecule has 3 heteroatoms. The Kier molecular flexibility index (Phi) is 8.37. The van der Waals surface area contributed by atoms with Crippen LogP contribution in [-0.4, -0.2) is 10.2 Å². The van der Waals surface area contributed by atoms with E-state index in [-0.39, 0.29) is 5.82 Å². The third kappa shape index (κ3) is 4.41. The summed E-state index contributed by atoms with van der Waals surface area (Å²) >= 11 is 0. The van der Waals surface area contributed by atoms with Crippen molar-refractivity contribution < 1.29 is 4.39 Å². The van der Waals surface area contributed by atoms with Crippen LogP contribution in [0.15, 0.2) is 24.3 Å². The molecular formula is C17H25FN2. The largest absolute Gasteiger partial charge is 0.207 e. The summed E-state index contributed by atoms with van der Waals surface area (Å²) in [5.74, 6) is -0.238. The van der Waals surface area contributed by atoms with Crippen LogP contribution in [0, 0.1) is 26.6 Å². The van der Waals surface area contributed by atoms with Crippen molar-refractivity contribution in [2.45, 2.75) is 48.5 Å². The van der Waals surface area contributed by atoms with Gasteiger partial charge in [-0.15, -0.1) is 5.10 Å². The van der Waals surface area contributed by atoms with E-state index >= 15 is 0 Å². The molecule has 2 rings (SSSR count). The van der Waals surface area contributed by atoms with Gasteiger partial charge in [0.2, 0.25) is 0 Å². The quantitative estimate of drug-likeness (QED) is 0.710. The number of hydrogen-bond donors (Lipinski definition) is 0. The Labute approximate surface area is 122 Å². The summed E-state index contributed by atoms with van der Waals surface area (Å²) in [4.78, 5) is 0. The summed E-state index contributed by atoms with van der Waals surface area (Å²) in [5, 5.41) is 8.26. The lowest BCUT2D eigenvalue weighted by atomic mass is 10.0. The molecule has 110 valence electrons. The van der Waals surface area contributed by atoms with E-state index in [4.69, 9.17) is 0 Å². The highest BCUT2D eigenvalue weighted by atomic mass is 19.1. The van der Waals surface area contributed by atoms with E-state index in [1.165, 1.54) is 12.1 Å². The topological polar surface area (TPSA) is 25.8 Å². The van der Waals surface area contributed by atoms with Crippen LogP contribution in [0.25, 0.3) is 11.3 Å². The van der Waals surface area contributed by atoms with Gasteiger partial charge in [-0.1, -0.05) is 27.7 Å². The molecule has 0 unspecified atom stereocenters. The van der Waals surface area contributed by atoms with Crippen molar-refractivity contribution in [3.8, 4) is 11.3 Å². The molecule has 20 heavy (non-hydrogen) atoms. The molecule has 2 nitrogen and oxygen atoms in total. The zero-order valence-corrected chi connectivity index (χ0v) is 13.6. The summed E-state index contributed by atoms with van der Waals surface area (Å²) < 4.78 is 12.8. The SMILES string of the molecule is CC.CC.Cc1nnc(-c2ccc(F)cc2)c(C)c1C. The van der Waals surface area contributed by atoms with Crippen molar-refractivity contribution in [3.63, 3.8) is 0 Å². The van der Waals surface area contributed by atoms with Crippen molar-refractivity contribution in [3.05, 3.63) is 46.9 Å². The number of nitrogens with zero attached hydrogens (tertiary/aromatic N) is 2. The highest BCUT2D eigenvalue weighted by molar-refractivity contribution is 5.63. The van der Waals surface area contributed by atoms with Crippen molar-refractivity contribution in [1.29, 1.82) is 0 Å². The minimum atomic E-state index is -0.238. The van der Waals surface area contributed by atoms with Crippen LogP contribution in [0.3, 0.4) is 0 Å². The second kappa shape index (κ2) is 9.18. The third-order valence-electron chi connectivity index (χ3n) is 2.88. The number of aromatic nitrogens is 2. The van der Waals surface area contributed by atoms with Gasteiger partial charge in [0.05, 0.1) is 11.4 Å². The first-order valence-corrected chi connectivity index (χ1v) is 7.16. The van der Waals surface area contributed by atoms with Crippen LogP contribution >= 0.6 is 0 Å². The van der Waals surface area contributed by atoms with Gasteiger partial charge in [0, 0.05) is 5.56 Å². The maximum absolute atomic E-state index is 12.8. The molecule has 0 aliphatic heterocycles. The molecule has 1 aromatic heterocycles. The van der Waals surface area contributed by atoms with Gasteiger partial charge in [0.1, 0.15) is 5.82 Å². The van der Waals surface area contributed by atoms with E-state index in [0.29, 0.717) is 0 Å². The van der Waals surface area contributed by atoms with E-state index in [1.807, 2.05) is 48.5 Å². The summed E-state index contributed by atoms with van der Waals surface area (Å²) in [7, 11) is 0. The van der Waals surface area contributed by atoms with E-state index in [9.17, 15) is 4.39 Å². The predicted octanol–water partition coefficient (Wildman–Crippen LogP) is 5.26. The molecule has 2 aromatic rings. The van der Waals surface area contributed by atoms with Crippen molar-refractivity contribution in [2.24, 2.45) is 0 Å². The molecule has 1 heterocycles. The number of hydrogen-bond acceptors (Lipinski definition) is 2. The fourth-order valence-electron chi connectivity index (χ4n) is 1.61. The van der Waals surface area contributed by atoms with Crippen LogP contribution < -0.4 is 0 Å². The van der Waals surface area contributed by atoms with E-state index in [2.05, 4.69) is 10.2 Å². The van der Waals surface area contributed by atoms with Gasteiger partial charge in [-0.25, -0.2) is 4.39 Å². The standard InChI is InChI=1S/C13H13FN2.2C2H6/c1-8-9(2)13(16-15-10(8)3)11-4-6-12(14)7-5-11;2*1-2/h4-7H,1-3H3;2*1-2H3. The van der Waals surface area contributed by atoms with Crippen LogP contribution in [-0.2, 0) is 0 Å². The Hall–Kier alpha value is -1.77. The first-order valence-electron chi connectivity index (χ1n) is 7.16. The maximum atomic E-state index is 12.8. The second-order valence-electron chi connectivity index (χ2n) is 3.89. The average Bonchev–Trinajstić information content (AvgIpc) is 2.50. The summed E-state index contributed by atoms with van der Waals surface area (Å²) in [5.41, 5.74) is 4.88. The summed E-state index contributed by atoms with van der Waals surface area (Å²) in [6.07, 6.45) is 0. The average molecular weight is 276 g/mol. The number of rotatable bonds is 1. The number of halogens is 1. The Balaban J connectivity index is 0.000000829. The molecule has 0 fully saturated rings. The smallest absolute Gasteiger partial charge is 0.123 e. The summed E-state index contributed by atoms with van der Waals surface area (Å²) in [6.45, 7) is 14.0. The Morgan fingerprint density at radius 2 is 1.25 bits per heavy atom. The molecule has 0 saturated heterocycles. The molecule has 0 saturated carbocycles. The van der Waals surface area contributed by atoms with Crippen LogP contribution in [0.2, 0.25) is 0 Å². The fraction of sp³-hybridized carbons (Fsp3) is 0.412. The second-order valence-corrected chi connectivity index (χ2v) is 3.89. The highest BCUT2D eigenvalue weighted by Crippen LogP contribution is 2.23. The van der Waals surface area contributed by atoms with Crippen LogP contribution in [0.4, 0.5) is 4.39 Å². The lowest BCUT2D eigenvalue weighted by Gasteiger charge is -2.08. The normalized spacial score (nSPS) is 9.00. The first-order chi connectivity index (χ1) is 9.59. The minimum absolute atomic E-state index is 0.238. The van der Waals surface area contributed by atoms with E-state index < -0.39 is 0 Å². The van der Waals surface area contributed by atoms with Crippen molar-refractivity contribution in [2.75, 3.05) is 0 Å². The lowest BCUT2D eigenvalue weighted by Crippen LogP contribution is -1.98. The molecule has 0 spiro atoms. The highest BCUT2D eigenvalue weighted by Gasteiger charge is 2.08. The lowest BCUT2D eigenvalue weighted by molar-refractivity contribution is 0.628. The number of aryl methyl sites for hydroxylation is 1. The Bertz CT molecular complexity index is 519. The number of benzene rings is 1. The zero-order chi connectivity index (χ0) is 15.7. The molecule has 0 aliphatic carbocycles. The molecule has 0 radical (unpaired) electrons. The van der Waals surface area contributed by atoms with Gasteiger partial charge >= 0.3 is 0 Å². The molecule has 0 N–H and O–H groups in total. The minimum Gasteiger partial charge on any atom is -0.207 e. The molecule has 1 aromatic carbocycles. The van der Waals surface area contributed by atoms with Gasteiger partial charge in [0.15, 0.2) is 0 Å².